The summed E-state index contributed by atoms with van der Waals surface area (Å²) in [6, 6.07) is 0. The Morgan fingerprint density at radius 3 is 2.75 bits per heavy atom. The second kappa shape index (κ2) is 3.43. The van der Waals surface area contributed by atoms with E-state index in [4.69, 9.17) is 4.74 Å². The number of aromatic nitrogens is 2. The lowest BCUT2D eigenvalue weighted by atomic mass is 10.1. The average Bonchev–Trinajstić information content (AvgIpc) is 2.18. The maximum Gasteiger partial charge on any atom is 0.269 e. The molecule has 0 radical (unpaired) electrons. The van der Waals surface area contributed by atoms with Crippen LogP contribution in [0.1, 0.15) is 39.4 Å². The summed E-state index contributed by atoms with van der Waals surface area (Å²) in [4.78, 5) is 20.1. The van der Waals surface area contributed by atoms with Gasteiger partial charge in [-0.3, -0.25) is 4.79 Å². The third-order valence-corrected chi connectivity index (χ3v) is 2.43. The fraction of sp³-hybridized carbons (Fsp3) is 0.545. The summed E-state index contributed by atoms with van der Waals surface area (Å²) in [6.45, 7) is 7.41. The molecule has 0 saturated heterocycles. The van der Waals surface area contributed by atoms with Crippen LogP contribution in [0, 0.1) is 0 Å². The van der Waals surface area contributed by atoms with Crippen LogP contribution in [0.2, 0.25) is 0 Å². The summed E-state index contributed by atoms with van der Waals surface area (Å²) in [5.41, 5.74) is -0.865. The molecule has 0 aromatic carbocycles. The lowest BCUT2D eigenvalue weighted by Gasteiger charge is -2.30. The van der Waals surface area contributed by atoms with Gasteiger partial charge in [0.05, 0.1) is 6.20 Å². The summed E-state index contributed by atoms with van der Waals surface area (Å²) >= 11 is 0. The lowest BCUT2D eigenvalue weighted by molar-refractivity contribution is -0.129. The molecule has 1 amide bonds. The van der Waals surface area contributed by atoms with E-state index in [1.54, 1.807) is 20.0 Å². The van der Waals surface area contributed by atoms with Gasteiger partial charge in [0.15, 0.2) is 17.2 Å². The maximum atomic E-state index is 11.7. The second-order valence-corrected chi connectivity index (χ2v) is 4.66. The molecule has 16 heavy (non-hydrogen) atoms. The van der Waals surface area contributed by atoms with Crippen LogP contribution in [0.5, 0.6) is 5.75 Å². The highest BCUT2D eigenvalue weighted by Crippen LogP contribution is 2.31. The molecule has 0 saturated carbocycles. The molecule has 1 aromatic rings. The first kappa shape index (κ1) is 10.9. The smallest absolute Gasteiger partial charge is 0.269 e. The zero-order valence-corrected chi connectivity index (χ0v) is 9.87. The molecule has 0 aliphatic carbocycles. The van der Waals surface area contributed by atoms with E-state index in [0.29, 0.717) is 17.4 Å². The zero-order chi connectivity index (χ0) is 11.9. The second-order valence-electron chi connectivity index (χ2n) is 4.66. The van der Waals surface area contributed by atoms with E-state index in [9.17, 15) is 4.79 Å². The predicted molar refractivity (Wildman–Crippen MR) is 59.5 cm³/mol. The normalized spacial score (nSPS) is 17.7. The van der Waals surface area contributed by atoms with Crippen molar-refractivity contribution in [3.63, 3.8) is 0 Å². The van der Waals surface area contributed by atoms with E-state index in [0.717, 1.165) is 0 Å². The molecule has 0 atom stereocenters. The SMILES string of the molecule is CC(C)c1ncc2c(n1)NC(=O)C(C)(C)O2. The van der Waals surface area contributed by atoms with E-state index >= 15 is 0 Å². The summed E-state index contributed by atoms with van der Waals surface area (Å²) in [5.74, 6) is 1.71. The molecule has 0 unspecified atom stereocenters. The molecule has 0 spiro atoms. The average molecular weight is 221 g/mol. The van der Waals surface area contributed by atoms with Gasteiger partial charge in [-0.15, -0.1) is 0 Å². The van der Waals surface area contributed by atoms with Crippen molar-refractivity contribution in [2.45, 2.75) is 39.2 Å². The number of carbonyl (C=O) groups excluding carboxylic acids is 1. The molecule has 1 aliphatic heterocycles. The number of anilines is 1. The molecular weight excluding hydrogens is 206 g/mol. The number of carbonyl (C=O) groups is 1. The fourth-order valence-electron chi connectivity index (χ4n) is 1.41. The summed E-state index contributed by atoms with van der Waals surface area (Å²) < 4.78 is 5.53. The van der Waals surface area contributed by atoms with Crippen LogP contribution in [0.15, 0.2) is 6.20 Å². The van der Waals surface area contributed by atoms with Gasteiger partial charge in [-0.05, 0) is 13.8 Å². The van der Waals surface area contributed by atoms with E-state index in [2.05, 4.69) is 15.3 Å². The Kier molecular flexibility index (Phi) is 2.33. The Labute approximate surface area is 94.2 Å². The monoisotopic (exact) mass is 221 g/mol. The number of nitrogens with zero attached hydrogens (tertiary/aromatic N) is 2. The van der Waals surface area contributed by atoms with E-state index in [1.807, 2.05) is 13.8 Å². The minimum atomic E-state index is -0.865. The van der Waals surface area contributed by atoms with Crippen LogP contribution in [0.25, 0.3) is 0 Å². The Hall–Kier alpha value is -1.65. The van der Waals surface area contributed by atoms with Gasteiger partial charge in [0.2, 0.25) is 0 Å². The van der Waals surface area contributed by atoms with Gasteiger partial charge in [0.25, 0.3) is 5.91 Å². The largest absolute Gasteiger partial charge is 0.472 e. The van der Waals surface area contributed by atoms with Gasteiger partial charge in [0.1, 0.15) is 5.82 Å². The number of amides is 1. The number of ether oxygens (including phenoxy) is 1. The van der Waals surface area contributed by atoms with Gasteiger partial charge in [-0.1, -0.05) is 13.8 Å². The van der Waals surface area contributed by atoms with Crippen LogP contribution in [-0.2, 0) is 4.79 Å². The van der Waals surface area contributed by atoms with E-state index in [1.165, 1.54) is 0 Å². The van der Waals surface area contributed by atoms with Crippen molar-refractivity contribution in [2.24, 2.45) is 0 Å². The van der Waals surface area contributed by atoms with Gasteiger partial charge >= 0.3 is 0 Å². The van der Waals surface area contributed by atoms with Gasteiger partial charge < -0.3 is 10.1 Å². The topological polar surface area (TPSA) is 64.1 Å². The Morgan fingerprint density at radius 2 is 2.12 bits per heavy atom. The third-order valence-electron chi connectivity index (χ3n) is 2.43. The quantitative estimate of drug-likeness (QED) is 0.784. The molecule has 1 aromatic heterocycles. The molecule has 0 fully saturated rings. The molecule has 0 bridgehead atoms. The van der Waals surface area contributed by atoms with Crippen molar-refractivity contribution >= 4 is 11.7 Å². The Bertz CT molecular complexity index is 441. The number of hydrogen-bond donors (Lipinski definition) is 1. The molecule has 5 nitrogen and oxygen atoms in total. The summed E-state index contributed by atoms with van der Waals surface area (Å²) in [6.07, 6.45) is 1.61. The molecular formula is C11H15N3O2. The highest BCUT2D eigenvalue weighted by atomic mass is 16.5. The number of rotatable bonds is 1. The first-order valence-electron chi connectivity index (χ1n) is 5.27. The van der Waals surface area contributed by atoms with Crippen LogP contribution >= 0.6 is 0 Å². The van der Waals surface area contributed by atoms with E-state index < -0.39 is 5.60 Å². The number of fused-ring (bicyclic) bond motifs is 1. The summed E-state index contributed by atoms with van der Waals surface area (Å²) in [7, 11) is 0. The van der Waals surface area contributed by atoms with Gasteiger partial charge in [0, 0.05) is 5.92 Å². The molecule has 86 valence electrons. The first-order chi connectivity index (χ1) is 7.40. The van der Waals surface area contributed by atoms with Crippen molar-refractivity contribution in [2.75, 3.05) is 5.32 Å². The standard InChI is InChI=1S/C11H15N3O2/c1-6(2)8-12-5-7-9(13-8)14-10(15)11(3,4)16-7/h5-6H,1-4H3,(H,12,13,14,15). The summed E-state index contributed by atoms with van der Waals surface area (Å²) in [5, 5.41) is 2.73. The molecule has 5 heteroatoms. The van der Waals surface area contributed by atoms with Gasteiger partial charge in [-0.25, -0.2) is 9.97 Å². The van der Waals surface area contributed by atoms with Crippen molar-refractivity contribution in [3.05, 3.63) is 12.0 Å². The highest BCUT2D eigenvalue weighted by molar-refractivity contribution is 5.99. The van der Waals surface area contributed by atoms with Crippen LogP contribution in [0.4, 0.5) is 5.82 Å². The minimum absolute atomic E-state index is 0.187. The first-order valence-corrected chi connectivity index (χ1v) is 5.27. The lowest BCUT2D eigenvalue weighted by Crippen LogP contribution is -2.46. The Balaban J connectivity index is 2.41. The van der Waals surface area contributed by atoms with Crippen LogP contribution < -0.4 is 10.1 Å². The molecule has 2 heterocycles. The highest BCUT2D eigenvalue weighted by Gasteiger charge is 2.36. The van der Waals surface area contributed by atoms with Crippen molar-refractivity contribution in [1.29, 1.82) is 0 Å². The van der Waals surface area contributed by atoms with Crippen molar-refractivity contribution in [1.82, 2.24) is 9.97 Å². The van der Waals surface area contributed by atoms with Crippen LogP contribution in [-0.4, -0.2) is 21.5 Å². The number of nitrogens with one attached hydrogen (secondary N) is 1. The number of hydrogen-bond acceptors (Lipinski definition) is 4. The Morgan fingerprint density at radius 1 is 1.44 bits per heavy atom. The zero-order valence-electron chi connectivity index (χ0n) is 9.87. The van der Waals surface area contributed by atoms with E-state index in [-0.39, 0.29) is 11.8 Å². The molecule has 2 rings (SSSR count). The third kappa shape index (κ3) is 1.73. The minimum Gasteiger partial charge on any atom is -0.472 e. The van der Waals surface area contributed by atoms with Gasteiger partial charge in [-0.2, -0.15) is 0 Å². The van der Waals surface area contributed by atoms with Crippen molar-refractivity contribution < 1.29 is 9.53 Å². The van der Waals surface area contributed by atoms with Crippen LogP contribution in [0.3, 0.4) is 0 Å². The molecule has 1 aliphatic rings. The fourth-order valence-corrected chi connectivity index (χ4v) is 1.41. The maximum absolute atomic E-state index is 11.7. The van der Waals surface area contributed by atoms with Crippen molar-refractivity contribution in [3.8, 4) is 5.75 Å². The molecule has 1 N–H and O–H groups in total. The predicted octanol–water partition coefficient (Wildman–Crippen LogP) is 1.71.